The lowest BCUT2D eigenvalue weighted by Crippen LogP contribution is -2.40. The van der Waals surface area contributed by atoms with Crippen molar-refractivity contribution < 1.29 is 22.8 Å². The summed E-state index contributed by atoms with van der Waals surface area (Å²) < 4.78 is 37.4. The number of alkyl halides is 3. The van der Waals surface area contributed by atoms with Gasteiger partial charge in [0.25, 0.3) is 0 Å². The fraction of sp³-hybridized carbons (Fsp3) is 0.833. The van der Waals surface area contributed by atoms with Crippen molar-refractivity contribution >= 4 is 11.6 Å². The van der Waals surface area contributed by atoms with Gasteiger partial charge in [-0.2, -0.15) is 13.2 Å². The number of carbonyl (C=O) groups is 2. The minimum absolute atomic E-state index is 0.464. The molecule has 0 aliphatic heterocycles. The number of ketones is 2. The Hall–Kier alpha value is -0.870. The van der Waals surface area contributed by atoms with Gasteiger partial charge in [-0.3, -0.25) is 9.59 Å². The summed E-state index contributed by atoms with van der Waals surface area (Å²) >= 11 is 0. The quantitative estimate of drug-likeness (QED) is 0.669. The molecule has 0 aromatic heterocycles. The van der Waals surface area contributed by atoms with Crippen LogP contribution in [0.5, 0.6) is 0 Å². The number of hydrogen-bond donors (Lipinski definition) is 0. The second kappa shape index (κ2) is 3.12. The molecule has 2 nitrogen and oxygen atoms in total. The third kappa shape index (κ3) is 1.34. The van der Waals surface area contributed by atoms with E-state index < -0.39 is 40.4 Å². The van der Waals surface area contributed by atoms with Crippen LogP contribution in [0, 0.1) is 22.7 Å². The van der Waals surface area contributed by atoms with Crippen LogP contribution in [0.1, 0.15) is 33.6 Å². The van der Waals surface area contributed by atoms with Crippen molar-refractivity contribution in [2.75, 3.05) is 0 Å². The summed E-state index contributed by atoms with van der Waals surface area (Å²) in [5.74, 6) is -4.30. The minimum atomic E-state index is -4.91. The predicted octanol–water partition coefficient (Wildman–Crippen LogP) is 2.76. The van der Waals surface area contributed by atoms with Crippen LogP contribution in [-0.4, -0.2) is 17.7 Å². The highest BCUT2D eigenvalue weighted by Gasteiger charge is 2.70. The van der Waals surface area contributed by atoms with Crippen molar-refractivity contribution in [3.63, 3.8) is 0 Å². The fourth-order valence-corrected chi connectivity index (χ4v) is 3.56. The number of carbonyl (C=O) groups excluding carboxylic acids is 2. The van der Waals surface area contributed by atoms with Crippen molar-refractivity contribution in [3.8, 4) is 0 Å². The van der Waals surface area contributed by atoms with E-state index in [9.17, 15) is 22.8 Å². The molecule has 0 heterocycles. The highest BCUT2D eigenvalue weighted by molar-refractivity contribution is 6.09. The van der Waals surface area contributed by atoms with Crippen LogP contribution in [0.2, 0.25) is 0 Å². The predicted molar refractivity (Wildman–Crippen MR) is 54.2 cm³/mol. The first-order chi connectivity index (χ1) is 7.53. The van der Waals surface area contributed by atoms with Crippen LogP contribution in [0.25, 0.3) is 0 Å². The molecule has 0 amide bonds. The Morgan fingerprint density at radius 1 is 1.29 bits per heavy atom. The zero-order valence-corrected chi connectivity index (χ0v) is 10.0. The summed E-state index contributed by atoms with van der Waals surface area (Å²) in [6, 6.07) is 0. The van der Waals surface area contributed by atoms with Gasteiger partial charge in [0, 0.05) is 5.41 Å². The van der Waals surface area contributed by atoms with Gasteiger partial charge in [-0.25, -0.2) is 0 Å². The number of halogens is 3. The Morgan fingerprint density at radius 3 is 2.18 bits per heavy atom. The van der Waals surface area contributed by atoms with Crippen molar-refractivity contribution in [2.45, 2.75) is 39.8 Å². The van der Waals surface area contributed by atoms with Crippen LogP contribution >= 0.6 is 0 Å². The number of Topliss-reactive ketones (excluding diaryl/α,β-unsaturated/α-hetero) is 2. The van der Waals surface area contributed by atoms with Crippen LogP contribution in [-0.2, 0) is 9.59 Å². The molecule has 2 rings (SSSR count). The zero-order valence-electron chi connectivity index (χ0n) is 10.0. The largest absolute Gasteiger partial charge is 0.450 e. The van der Waals surface area contributed by atoms with Gasteiger partial charge in [0.1, 0.15) is 5.78 Å². The van der Waals surface area contributed by atoms with Crippen molar-refractivity contribution in [3.05, 3.63) is 0 Å². The average molecular weight is 248 g/mol. The van der Waals surface area contributed by atoms with E-state index in [0.29, 0.717) is 12.8 Å². The first-order valence-electron chi connectivity index (χ1n) is 5.69. The summed E-state index contributed by atoms with van der Waals surface area (Å²) in [6.45, 7) is 5.29. The highest BCUT2D eigenvalue weighted by Crippen LogP contribution is 2.66. The number of fused-ring (bicyclic) bond motifs is 2. The SMILES string of the molecule is CC1(C)[C@@H]2CC[C@@]1(C)C(=O)C2C(=O)C(F)(F)F. The van der Waals surface area contributed by atoms with Crippen molar-refractivity contribution in [1.82, 2.24) is 0 Å². The molecule has 2 aliphatic rings. The molecule has 96 valence electrons. The molecule has 1 unspecified atom stereocenters. The van der Waals surface area contributed by atoms with E-state index in [0.717, 1.165) is 0 Å². The minimum Gasteiger partial charge on any atom is -0.298 e. The Morgan fingerprint density at radius 2 is 1.82 bits per heavy atom. The van der Waals surface area contributed by atoms with E-state index in [1.807, 2.05) is 0 Å². The Bertz CT molecular complexity index is 397. The molecule has 0 aromatic rings. The third-order valence-corrected chi connectivity index (χ3v) is 5.09. The summed E-state index contributed by atoms with van der Waals surface area (Å²) in [4.78, 5) is 23.4. The number of rotatable bonds is 1. The molecule has 5 heteroatoms. The fourth-order valence-electron chi connectivity index (χ4n) is 3.56. The van der Waals surface area contributed by atoms with Crippen molar-refractivity contribution in [1.29, 1.82) is 0 Å². The normalized spacial score (nSPS) is 39.8. The van der Waals surface area contributed by atoms with Crippen LogP contribution in [0.15, 0.2) is 0 Å². The van der Waals surface area contributed by atoms with E-state index in [2.05, 4.69) is 0 Å². The summed E-state index contributed by atoms with van der Waals surface area (Å²) in [6.07, 6.45) is -3.79. The van der Waals surface area contributed by atoms with Crippen molar-refractivity contribution in [2.24, 2.45) is 22.7 Å². The second-order valence-corrected chi connectivity index (χ2v) is 5.90. The van der Waals surface area contributed by atoms with Gasteiger partial charge in [0.2, 0.25) is 5.78 Å². The molecule has 0 spiro atoms. The standard InChI is InChI=1S/C12H15F3O2/c1-10(2)6-4-5-11(10,3)8(16)7(6)9(17)12(13,14)15/h6-7H,4-5H2,1-3H3/t6-,7?,11+/m1/s1. The molecule has 17 heavy (non-hydrogen) atoms. The smallest absolute Gasteiger partial charge is 0.298 e. The van der Waals surface area contributed by atoms with E-state index in [4.69, 9.17) is 0 Å². The van der Waals surface area contributed by atoms with Gasteiger partial charge in [-0.15, -0.1) is 0 Å². The maximum Gasteiger partial charge on any atom is 0.450 e. The number of hydrogen-bond acceptors (Lipinski definition) is 2. The van der Waals surface area contributed by atoms with E-state index in [1.54, 1.807) is 20.8 Å². The lowest BCUT2D eigenvalue weighted by molar-refractivity contribution is -0.178. The molecule has 3 atom stereocenters. The highest BCUT2D eigenvalue weighted by atomic mass is 19.4. The van der Waals surface area contributed by atoms with Gasteiger partial charge >= 0.3 is 6.18 Å². The monoisotopic (exact) mass is 248 g/mol. The van der Waals surface area contributed by atoms with Gasteiger partial charge in [-0.1, -0.05) is 20.8 Å². The molecule has 2 fully saturated rings. The molecule has 2 saturated carbocycles. The van der Waals surface area contributed by atoms with Gasteiger partial charge in [0.05, 0.1) is 5.92 Å². The summed E-state index contributed by atoms with van der Waals surface area (Å²) in [7, 11) is 0. The van der Waals surface area contributed by atoms with Gasteiger partial charge < -0.3 is 0 Å². The lowest BCUT2D eigenvalue weighted by Gasteiger charge is -2.32. The second-order valence-electron chi connectivity index (χ2n) is 5.90. The van der Waals surface area contributed by atoms with E-state index in [1.165, 1.54) is 0 Å². The molecular weight excluding hydrogens is 233 g/mol. The third-order valence-electron chi connectivity index (χ3n) is 5.09. The molecular formula is C12H15F3O2. The lowest BCUT2D eigenvalue weighted by atomic mass is 9.70. The molecule has 0 radical (unpaired) electrons. The molecule has 2 bridgehead atoms. The van der Waals surface area contributed by atoms with Crippen LogP contribution < -0.4 is 0 Å². The van der Waals surface area contributed by atoms with E-state index in [-0.39, 0.29) is 0 Å². The molecule has 0 saturated heterocycles. The summed E-state index contributed by atoms with van der Waals surface area (Å²) in [5.41, 5.74) is -1.29. The average Bonchev–Trinajstić information content (AvgIpc) is 2.47. The maximum atomic E-state index is 12.5. The van der Waals surface area contributed by atoms with Crippen LogP contribution in [0.3, 0.4) is 0 Å². The van der Waals surface area contributed by atoms with Gasteiger partial charge in [-0.05, 0) is 24.2 Å². The molecule has 0 N–H and O–H groups in total. The zero-order chi connectivity index (χ0) is 13.2. The Labute approximate surface area is 97.6 Å². The Kier molecular flexibility index (Phi) is 2.31. The van der Waals surface area contributed by atoms with Gasteiger partial charge in [0.15, 0.2) is 0 Å². The van der Waals surface area contributed by atoms with E-state index >= 15 is 0 Å². The van der Waals surface area contributed by atoms with Crippen LogP contribution in [0.4, 0.5) is 13.2 Å². The summed E-state index contributed by atoms with van der Waals surface area (Å²) in [5, 5.41) is 0. The molecule has 0 aromatic carbocycles. The maximum absolute atomic E-state index is 12.5. The first-order valence-corrected chi connectivity index (χ1v) is 5.69. The first kappa shape index (κ1) is 12.6. The Balaban J connectivity index is 2.42. The topological polar surface area (TPSA) is 34.1 Å². The molecule has 2 aliphatic carbocycles.